The summed E-state index contributed by atoms with van der Waals surface area (Å²) in [5.74, 6) is 0.646. The highest BCUT2D eigenvalue weighted by molar-refractivity contribution is 6.32. The smallest absolute Gasteiger partial charge is 0.137 e. The zero-order valence-corrected chi connectivity index (χ0v) is 11.5. The van der Waals surface area contributed by atoms with Gasteiger partial charge in [0.15, 0.2) is 0 Å². The van der Waals surface area contributed by atoms with Crippen LogP contribution in [0, 0.1) is 0 Å². The molecule has 1 unspecified atom stereocenters. The fourth-order valence-electron chi connectivity index (χ4n) is 2.37. The van der Waals surface area contributed by atoms with E-state index in [9.17, 15) is 5.11 Å². The fourth-order valence-corrected chi connectivity index (χ4v) is 2.63. The number of ether oxygens (including phenoxy) is 1. The molecule has 4 heteroatoms. The van der Waals surface area contributed by atoms with Crippen LogP contribution in [0.15, 0.2) is 18.2 Å². The lowest BCUT2D eigenvalue weighted by Gasteiger charge is -2.18. The highest BCUT2D eigenvalue weighted by Crippen LogP contribution is 2.28. The largest absolute Gasteiger partial charge is 0.495 e. The molecule has 1 atom stereocenters. The van der Waals surface area contributed by atoms with Crippen molar-refractivity contribution in [2.24, 2.45) is 0 Å². The molecule has 0 amide bonds. The van der Waals surface area contributed by atoms with Crippen molar-refractivity contribution in [2.75, 3.05) is 26.7 Å². The summed E-state index contributed by atoms with van der Waals surface area (Å²) in [6.07, 6.45) is 2.87. The van der Waals surface area contributed by atoms with Crippen LogP contribution in [0.5, 0.6) is 5.75 Å². The Morgan fingerprint density at radius 2 is 2.11 bits per heavy atom. The Balaban J connectivity index is 1.91. The molecule has 100 valence electrons. The Hall–Kier alpha value is -0.770. The maximum absolute atomic E-state index is 10.1. The fraction of sp³-hybridized carbons (Fsp3) is 0.571. The van der Waals surface area contributed by atoms with Crippen LogP contribution in [-0.4, -0.2) is 36.8 Å². The summed E-state index contributed by atoms with van der Waals surface area (Å²) in [4.78, 5) is 2.40. The molecule has 3 nitrogen and oxygen atoms in total. The molecular formula is C14H20ClNO2. The van der Waals surface area contributed by atoms with Gasteiger partial charge in [-0.3, -0.25) is 0 Å². The highest BCUT2D eigenvalue weighted by Gasteiger charge is 2.15. The van der Waals surface area contributed by atoms with Gasteiger partial charge in [0, 0.05) is 6.54 Å². The average Bonchev–Trinajstić information content (AvgIpc) is 2.89. The predicted octanol–water partition coefficient (Wildman–Crippen LogP) is 2.87. The molecule has 1 aromatic carbocycles. The average molecular weight is 270 g/mol. The van der Waals surface area contributed by atoms with Crippen molar-refractivity contribution in [3.05, 3.63) is 28.8 Å². The molecule has 1 saturated heterocycles. The van der Waals surface area contributed by atoms with Gasteiger partial charge in [0.1, 0.15) is 5.75 Å². The second-order valence-corrected chi connectivity index (χ2v) is 5.15. The molecule has 1 heterocycles. The predicted molar refractivity (Wildman–Crippen MR) is 73.3 cm³/mol. The summed E-state index contributed by atoms with van der Waals surface area (Å²) >= 11 is 6.05. The molecule has 0 radical (unpaired) electrons. The minimum Gasteiger partial charge on any atom is -0.495 e. The third-order valence-electron chi connectivity index (χ3n) is 3.48. The number of nitrogens with zero attached hydrogens (tertiary/aromatic N) is 1. The number of benzene rings is 1. The molecule has 0 spiro atoms. The van der Waals surface area contributed by atoms with E-state index in [1.807, 2.05) is 6.07 Å². The number of rotatable bonds is 5. The molecule has 2 rings (SSSR count). The number of methoxy groups -OCH3 is 1. The Bertz CT molecular complexity index is 391. The second-order valence-electron chi connectivity index (χ2n) is 4.75. The van der Waals surface area contributed by atoms with Crippen LogP contribution in [0.4, 0.5) is 0 Å². The Morgan fingerprint density at radius 1 is 1.39 bits per heavy atom. The molecule has 0 aliphatic carbocycles. The molecule has 1 aliphatic heterocycles. The maximum atomic E-state index is 10.1. The van der Waals surface area contributed by atoms with Crippen LogP contribution in [0.3, 0.4) is 0 Å². The van der Waals surface area contributed by atoms with Crippen molar-refractivity contribution in [1.29, 1.82) is 0 Å². The van der Waals surface area contributed by atoms with Gasteiger partial charge >= 0.3 is 0 Å². The second kappa shape index (κ2) is 6.41. The lowest BCUT2D eigenvalue weighted by atomic mass is 10.1. The lowest BCUT2D eigenvalue weighted by molar-refractivity contribution is 0.149. The minimum atomic E-state index is -0.450. The SMILES string of the molecule is COc1ccc(C(O)CCN2CCCC2)cc1Cl. The van der Waals surface area contributed by atoms with E-state index in [1.54, 1.807) is 19.2 Å². The Kier molecular flexibility index (Phi) is 4.87. The Labute approximate surface area is 113 Å². The van der Waals surface area contributed by atoms with E-state index in [0.717, 1.165) is 31.6 Å². The summed E-state index contributed by atoms with van der Waals surface area (Å²) in [6, 6.07) is 5.46. The maximum Gasteiger partial charge on any atom is 0.137 e. The van der Waals surface area contributed by atoms with Crippen LogP contribution in [0.1, 0.15) is 30.9 Å². The molecule has 18 heavy (non-hydrogen) atoms. The van der Waals surface area contributed by atoms with Crippen LogP contribution in [0.2, 0.25) is 5.02 Å². The molecule has 0 aromatic heterocycles. The summed E-state index contributed by atoms with van der Waals surface area (Å²) in [5.41, 5.74) is 0.861. The standard InChI is InChI=1S/C14H20ClNO2/c1-18-14-5-4-11(10-12(14)15)13(17)6-9-16-7-2-3-8-16/h4-5,10,13,17H,2-3,6-9H2,1H3. The molecule has 0 saturated carbocycles. The van der Waals surface area contributed by atoms with E-state index in [-0.39, 0.29) is 0 Å². The first kappa shape index (κ1) is 13.7. The van der Waals surface area contributed by atoms with Crippen molar-refractivity contribution < 1.29 is 9.84 Å². The van der Waals surface area contributed by atoms with E-state index in [1.165, 1.54) is 12.8 Å². The summed E-state index contributed by atoms with van der Waals surface area (Å²) in [6.45, 7) is 3.27. The van der Waals surface area contributed by atoms with Gasteiger partial charge in [-0.25, -0.2) is 0 Å². The van der Waals surface area contributed by atoms with Gasteiger partial charge in [-0.15, -0.1) is 0 Å². The third-order valence-corrected chi connectivity index (χ3v) is 3.77. The van der Waals surface area contributed by atoms with Crippen molar-refractivity contribution in [2.45, 2.75) is 25.4 Å². The zero-order valence-electron chi connectivity index (χ0n) is 10.7. The molecule has 0 bridgehead atoms. The topological polar surface area (TPSA) is 32.7 Å². The monoisotopic (exact) mass is 269 g/mol. The van der Waals surface area contributed by atoms with Crippen LogP contribution >= 0.6 is 11.6 Å². The summed E-state index contributed by atoms with van der Waals surface area (Å²) in [5, 5.41) is 10.7. The van der Waals surface area contributed by atoms with Gasteiger partial charge in [0.25, 0.3) is 0 Å². The zero-order chi connectivity index (χ0) is 13.0. The first-order chi connectivity index (χ1) is 8.70. The Morgan fingerprint density at radius 3 is 2.72 bits per heavy atom. The van der Waals surface area contributed by atoms with E-state index in [2.05, 4.69) is 4.90 Å². The van der Waals surface area contributed by atoms with Gasteiger partial charge < -0.3 is 14.7 Å². The van der Waals surface area contributed by atoms with Gasteiger partial charge in [-0.1, -0.05) is 17.7 Å². The normalized spacial score (nSPS) is 17.9. The van der Waals surface area contributed by atoms with E-state index >= 15 is 0 Å². The van der Waals surface area contributed by atoms with Gasteiger partial charge in [-0.05, 0) is 50.0 Å². The van der Waals surface area contributed by atoms with E-state index in [4.69, 9.17) is 16.3 Å². The first-order valence-electron chi connectivity index (χ1n) is 6.44. The lowest BCUT2D eigenvalue weighted by Crippen LogP contribution is -2.22. The summed E-state index contributed by atoms with van der Waals surface area (Å²) < 4.78 is 5.10. The third kappa shape index (κ3) is 3.37. The van der Waals surface area contributed by atoms with Crippen molar-refractivity contribution in [3.63, 3.8) is 0 Å². The highest BCUT2D eigenvalue weighted by atomic mass is 35.5. The first-order valence-corrected chi connectivity index (χ1v) is 6.82. The quantitative estimate of drug-likeness (QED) is 0.892. The van der Waals surface area contributed by atoms with Gasteiger partial charge in [-0.2, -0.15) is 0 Å². The van der Waals surface area contributed by atoms with Crippen molar-refractivity contribution >= 4 is 11.6 Å². The summed E-state index contributed by atoms with van der Waals surface area (Å²) in [7, 11) is 1.59. The minimum absolute atomic E-state index is 0.450. The van der Waals surface area contributed by atoms with Gasteiger partial charge in [0.2, 0.25) is 0 Å². The van der Waals surface area contributed by atoms with Crippen molar-refractivity contribution in [3.8, 4) is 5.75 Å². The number of aliphatic hydroxyl groups excluding tert-OH is 1. The number of halogens is 1. The molecular weight excluding hydrogens is 250 g/mol. The molecule has 1 aromatic rings. The molecule has 1 aliphatic rings. The number of hydrogen-bond donors (Lipinski definition) is 1. The van der Waals surface area contributed by atoms with Gasteiger partial charge in [0.05, 0.1) is 18.2 Å². The van der Waals surface area contributed by atoms with E-state index in [0.29, 0.717) is 10.8 Å². The number of hydrogen-bond acceptors (Lipinski definition) is 3. The van der Waals surface area contributed by atoms with E-state index < -0.39 is 6.10 Å². The number of likely N-dealkylation sites (tertiary alicyclic amines) is 1. The molecule has 1 fully saturated rings. The van der Waals surface area contributed by atoms with Crippen LogP contribution in [0.25, 0.3) is 0 Å². The van der Waals surface area contributed by atoms with Crippen molar-refractivity contribution in [1.82, 2.24) is 4.90 Å². The molecule has 1 N–H and O–H groups in total. The van der Waals surface area contributed by atoms with Crippen LogP contribution in [-0.2, 0) is 0 Å². The number of aliphatic hydroxyl groups is 1. The van der Waals surface area contributed by atoms with Crippen LogP contribution < -0.4 is 4.74 Å².